The lowest BCUT2D eigenvalue weighted by molar-refractivity contribution is 0.294. The quantitative estimate of drug-likeness (QED) is 0.438. The average molecular weight is 392 g/mol. The number of methoxy groups -OCH3 is 1. The summed E-state index contributed by atoms with van der Waals surface area (Å²) in [6, 6.07) is 6.72. The molecule has 10 heteroatoms. The van der Waals surface area contributed by atoms with Crippen molar-refractivity contribution in [2.45, 2.75) is 19.4 Å². The van der Waals surface area contributed by atoms with Gasteiger partial charge in [0.05, 0.1) is 19.4 Å². The Kier molecular flexibility index (Phi) is 5.56. The van der Waals surface area contributed by atoms with Crippen molar-refractivity contribution in [1.29, 1.82) is 10.5 Å². The largest absolute Gasteiger partial charge is 0.493 e. The van der Waals surface area contributed by atoms with Gasteiger partial charge in [0.1, 0.15) is 29.3 Å². The van der Waals surface area contributed by atoms with Crippen molar-refractivity contribution in [3.63, 3.8) is 0 Å². The molecule has 10 nitrogen and oxygen atoms in total. The lowest BCUT2D eigenvalue weighted by Gasteiger charge is -2.26. The first-order valence-electron chi connectivity index (χ1n) is 8.83. The van der Waals surface area contributed by atoms with Crippen LogP contribution in [0.25, 0.3) is 0 Å². The predicted molar refractivity (Wildman–Crippen MR) is 108 cm³/mol. The van der Waals surface area contributed by atoms with Crippen molar-refractivity contribution in [2.24, 2.45) is 4.99 Å². The molecule has 148 valence electrons. The summed E-state index contributed by atoms with van der Waals surface area (Å²) in [5, 5.41) is 23.7. The van der Waals surface area contributed by atoms with E-state index in [1.165, 1.54) is 0 Å². The molecule has 29 heavy (non-hydrogen) atoms. The van der Waals surface area contributed by atoms with E-state index in [-0.39, 0.29) is 23.0 Å². The van der Waals surface area contributed by atoms with Gasteiger partial charge in [-0.15, -0.1) is 0 Å². The summed E-state index contributed by atoms with van der Waals surface area (Å²) in [5.41, 5.74) is 13.6. The number of anilines is 3. The highest BCUT2D eigenvalue weighted by Crippen LogP contribution is 2.42. The molecule has 0 bridgehead atoms. The number of nitriles is 2. The molecule has 1 aliphatic rings. The van der Waals surface area contributed by atoms with Gasteiger partial charge in [-0.05, 0) is 24.1 Å². The Balaban J connectivity index is 2.16. The second-order valence-corrected chi connectivity index (χ2v) is 6.16. The van der Waals surface area contributed by atoms with Gasteiger partial charge < -0.3 is 26.3 Å². The number of hydrogen-bond donors (Lipinski definition) is 4. The van der Waals surface area contributed by atoms with Gasteiger partial charge in [-0.1, -0.05) is 13.0 Å². The molecular weight excluding hydrogens is 372 g/mol. The molecule has 0 aliphatic carbocycles. The van der Waals surface area contributed by atoms with Gasteiger partial charge in [0.15, 0.2) is 17.7 Å². The Morgan fingerprint density at radius 2 is 2.07 bits per heavy atom. The molecule has 2 aromatic rings. The average Bonchev–Trinajstić information content (AvgIpc) is 2.72. The molecular formula is C19H20N8O2. The molecule has 0 spiro atoms. The molecule has 0 radical (unpaired) electrons. The number of rotatable bonds is 5. The highest BCUT2D eigenvalue weighted by molar-refractivity contribution is 5.98. The van der Waals surface area contributed by atoms with Gasteiger partial charge in [-0.3, -0.25) is 5.32 Å². The Bertz CT molecular complexity index is 1050. The molecule has 1 aromatic heterocycles. The molecule has 0 saturated carbocycles. The van der Waals surface area contributed by atoms with Crippen LogP contribution in [-0.2, 0) is 0 Å². The molecule has 1 aliphatic heterocycles. The number of hydrogen-bond acceptors (Lipinski definition) is 10. The second kappa shape index (κ2) is 8.23. The summed E-state index contributed by atoms with van der Waals surface area (Å²) in [7, 11) is 1.55. The minimum Gasteiger partial charge on any atom is -0.493 e. The molecule has 3 rings (SSSR count). The number of aromatic nitrogens is 1. The summed E-state index contributed by atoms with van der Waals surface area (Å²) in [5.74, 6) is 1.64. The van der Waals surface area contributed by atoms with Crippen LogP contribution in [0.5, 0.6) is 11.5 Å². The van der Waals surface area contributed by atoms with Gasteiger partial charge in [0, 0.05) is 5.56 Å². The van der Waals surface area contributed by atoms with Crippen LogP contribution in [0.4, 0.5) is 17.3 Å². The van der Waals surface area contributed by atoms with Gasteiger partial charge in [-0.25, -0.2) is 9.98 Å². The van der Waals surface area contributed by atoms with E-state index in [1.807, 2.05) is 25.3 Å². The van der Waals surface area contributed by atoms with E-state index in [0.717, 1.165) is 6.42 Å². The van der Waals surface area contributed by atoms with Crippen LogP contribution in [0.1, 0.15) is 36.1 Å². The number of pyridine rings is 1. The van der Waals surface area contributed by atoms with Crippen molar-refractivity contribution in [3.8, 4) is 23.8 Å². The maximum Gasteiger partial charge on any atom is 0.211 e. The zero-order valence-corrected chi connectivity index (χ0v) is 16.0. The summed E-state index contributed by atoms with van der Waals surface area (Å²) in [4.78, 5) is 8.75. The van der Waals surface area contributed by atoms with Crippen LogP contribution >= 0.6 is 0 Å². The Labute approximate surface area is 167 Å². The highest BCUT2D eigenvalue weighted by atomic mass is 16.5. The van der Waals surface area contributed by atoms with Gasteiger partial charge in [-0.2, -0.15) is 10.5 Å². The minimum absolute atomic E-state index is 0.00546. The standard InChI is InChI=1S/C19H20N8O2/c1-3-6-29-12-5-4-10(7-13(12)28-2)16-14-15(22)11(8-20)17(23)26-18(14)27-19(25-16)24-9-21/h4-5,7,16H,3,6H2,1-2H3,(H6,22,23,24,25,26,27). The van der Waals surface area contributed by atoms with Crippen LogP contribution in [-0.4, -0.2) is 24.7 Å². The lowest BCUT2D eigenvalue weighted by atomic mass is 9.95. The third-order valence-corrected chi connectivity index (χ3v) is 4.32. The Morgan fingerprint density at radius 1 is 1.28 bits per heavy atom. The molecule has 1 unspecified atom stereocenters. The summed E-state index contributed by atoms with van der Waals surface area (Å²) < 4.78 is 11.2. The summed E-state index contributed by atoms with van der Waals surface area (Å²) in [6.07, 6.45) is 2.68. The number of nitrogens with two attached hydrogens (primary N) is 2. The second-order valence-electron chi connectivity index (χ2n) is 6.16. The monoisotopic (exact) mass is 392 g/mol. The van der Waals surface area contributed by atoms with Crippen molar-refractivity contribution < 1.29 is 9.47 Å². The smallest absolute Gasteiger partial charge is 0.211 e. The first-order chi connectivity index (χ1) is 14.0. The van der Waals surface area contributed by atoms with E-state index in [0.29, 0.717) is 35.1 Å². The maximum absolute atomic E-state index is 9.40. The third kappa shape index (κ3) is 3.64. The highest BCUT2D eigenvalue weighted by Gasteiger charge is 2.30. The number of nitrogen functional groups attached to an aromatic ring is 2. The van der Waals surface area contributed by atoms with Crippen LogP contribution in [0, 0.1) is 22.8 Å². The Hall–Kier alpha value is -4.18. The van der Waals surface area contributed by atoms with Crippen LogP contribution in [0.15, 0.2) is 23.2 Å². The molecule has 0 saturated heterocycles. The molecule has 0 amide bonds. The SMILES string of the molecule is CCCOc1ccc(C2N=C(NC#N)Nc3nc(N)c(C#N)c(N)c32)cc1OC. The van der Waals surface area contributed by atoms with Gasteiger partial charge in [0.25, 0.3) is 0 Å². The first kappa shape index (κ1) is 19.6. The van der Waals surface area contributed by atoms with Crippen molar-refractivity contribution in [2.75, 3.05) is 30.5 Å². The van der Waals surface area contributed by atoms with Crippen LogP contribution in [0.2, 0.25) is 0 Å². The molecule has 2 heterocycles. The summed E-state index contributed by atoms with van der Waals surface area (Å²) >= 11 is 0. The van der Waals surface area contributed by atoms with E-state index in [9.17, 15) is 5.26 Å². The number of fused-ring (bicyclic) bond motifs is 1. The maximum atomic E-state index is 9.40. The van der Waals surface area contributed by atoms with Gasteiger partial charge in [0.2, 0.25) is 5.96 Å². The number of benzene rings is 1. The van der Waals surface area contributed by atoms with Crippen molar-refractivity contribution in [3.05, 3.63) is 34.9 Å². The van der Waals surface area contributed by atoms with E-state index >= 15 is 0 Å². The molecule has 1 atom stereocenters. The number of nitrogens with zero attached hydrogens (tertiary/aromatic N) is 4. The summed E-state index contributed by atoms with van der Waals surface area (Å²) in [6.45, 7) is 2.57. The lowest BCUT2D eigenvalue weighted by Crippen LogP contribution is -2.32. The van der Waals surface area contributed by atoms with Crippen LogP contribution in [0.3, 0.4) is 0 Å². The zero-order chi connectivity index (χ0) is 21.0. The molecule has 0 fully saturated rings. The van der Waals surface area contributed by atoms with Gasteiger partial charge >= 0.3 is 0 Å². The number of ether oxygens (including phenoxy) is 2. The topological polar surface area (TPSA) is 167 Å². The normalized spacial score (nSPS) is 14.5. The fourth-order valence-corrected chi connectivity index (χ4v) is 3.01. The fraction of sp³-hybridized carbons (Fsp3) is 0.263. The third-order valence-electron chi connectivity index (χ3n) is 4.32. The van der Waals surface area contributed by atoms with E-state index in [2.05, 4.69) is 20.6 Å². The van der Waals surface area contributed by atoms with E-state index in [1.54, 1.807) is 19.2 Å². The van der Waals surface area contributed by atoms with Crippen molar-refractivity contribution in [1.82, 2.24) is 10.3 Å². The van der Waals surface area contributed by atoms with Crippen LogP contribution < -0.4 is 31.6 Å². The molecule has 6 N–H and O–H groups in total. The number of guanidine groups is 1. The van der Waals surface area contributed by atoms with Crippen molar-refractivity contribution >= 4 is 23.3 Å². The minimum atomic E-state index is -0.642. The predicted octanol–water partition coefficient (Wildman–Crippen LogP) is 1.86. The fourth-order valence-electron chi connectivity index (χ4n) is 3.01. The van der Waals surface area contributed by atoms with E-state index in [4.69, 9.17) is 26.2 Å². The Morgan fingerprint density at radius 3 is 2.72 bits per heavy atom. The number of nitrogens with one attached hydrogen (secondary N) is 2. The molecule has 1 aromatic carbocycles. The first-order valence-corrected chi connectivity index (χ1v) is 8.83. The van der Waals surface area contributed by atoms with E-state index < -0.39 is 6.04 Å². The number of aliphatic imine (C=N–C) groups is 1. The zero-order valence-electron chi connectivity index (χ0n) is 16.0.